The van der Waals surface area contributed by atoms with Gasteiger partial charge in [-0.2, -0.15) is 0 Å². The summed E-state index contributed by atoms with van der Waals surface area (Å²) in [5, 5.41) is 6.39. The lowest BCUT2D eigenvalue weighted by atomic mass is 10.3. The van der Waals surface area contributed by atoms with Gasteiger partial charge in [0.25, 0.3) is 0 Å². The summed E-state index contributed by atoms with van der Waals surface area (Å²) in [5.41, 5.74) is 0.570. The Morgan fingerprint density at radius 3 is 3.36 bits per heavy atom. The molecule has 2 aliphatic heterocycles. The Kier molecular flexibility index (Phi) is 2.58. The highest BCUT2D eigenvalue weighted by atomic mass is 16.5. The van der Waals surface area contributed by atoms with Gasteiger partial charge in [0.2, 0.25) is 0 Å². The minimum atomic E-state index is -0.262. The Morgan fingerprint density at radius 2 is 2.64 bits per heavy atom. The molecule has 1 fully saturated rings. The van der Waals surface area contributed by atoms with Crippen LogP contribution >= 0.6 is 0 Å². The van der Waals surface area contributed by atoms with E-state index in [1.165, 1.54) is 0 Å². The summed E-state index contributed by atoms with van der Waals surface area (Å²) in [7, 11) is 0. The summed E-state index contributed by atoms with van der Waals surface area (Å²) in [4.78, 5) is 13.5. The van der Waals surface area contributed by atoms with E-state index >= 15 is 0 Å². The van der Waals surface area contributed by atoms with E-state index in [4.69, 9.17) is 4.74 Å². The lowest BCUT2D eigenvalue weighted by Gasteiger charge is -2.30. The van der Waals surface area contributed by atoms with Gasteiger partial charge in [-0.3, -0.25) is 0 Å². The maximum Gasteiger partial charge on any atom is 0.355 e. The average molecular weight is 197 g/mol. The van der Waals surface area contributed by atoms with E-state index in [0.717, 1.165) is 19.6 Å². The Balaban J connectivity index is 1.98. The van der Waals surface area contributed by atoms with Gasteiger partial charge in [-0.15, -0.1) is 0 Å². The van der Waals surface area contributed by atoms with Crippen molar-refractivity contribution < 1.29 is 9.53 Å². The molecular formula is C9H15N3O2. The molecule has 5 nitrogen and oxygen atoms in total. The van der Waals surface area contributed by atoms with Crippen molar-refractivity contribution in [2.45, 2.75) is 13.1 Å². The largest absolute Gasteiger partial charge is 0.461 e. The topological polar surface area (TPSA) is 53.6 Å². The Morgan fingerprint density at radius 1 is 1.79 bits per heavy atom. The molecule has 0 aromatic carbocycles. The zero-order chi connectivity index (χ0) is 9.97. The van der Waals surface area contributed by atoms with Gasteiger partial charge in [-0.05, 0) is 6.92 Å². The van der Waals surface area contributed by atoms with Crippen LogP contribution in [0.3, 0.4) is 0 Å². The van der Waals surface area contributed by atoms with Crippen molar-refractivity contribution in [3.8, 4) is 0 Å². The van der Waals surface area contributed by atoms with Crippen LogP contribution in [0.25, 0.3) is 0 Å². The van der Waals surface area contributed by atoms with Gasteiger partial charge >= 0.3 is 5.97 Å². The van der Waals surface area contributed by atoms with Crippen LogP contribution in [0.15, 0.2) is 11.9 Å². The van der Waals surface area contributed by atoms with E-state index in [-0.39, 0.29) is 12.1 Å². The number of nitrogens with one attached hydrogen (secondary N) is 2. The molecule has 0 amide bonds. The number of piperazine rings is 1. The van der Waals surface area contributed by atoms with Gasteiger partial charge in [-0.1, -0.05) is 0 Å². The molecule has 0 aliphatic carbocycles. The summed E-state index contributed by atoms with van der Waals surface area (Å²) < 4.78 is 4.92. The van der Waals surface area contributed by atoms with E-state index in [2.05, 4.69) is 15.5 Å². The number of hydrogen-bond donors (Lipinski definition) is 2. The molecule has 0 saturated carbocycles. The molecule has 0 radical (unpaired) electrons. The van der Waals surface area contributed by atoms with Crippen LogP contribution in [-0.2, 0) is 9.53 Å². The first-order valence-corrected chi connectivity index (χ1v) is 4.93. The first kappa shape index (κ1) is 9.33. The molecule has 1 saturated heterocycles. The lowest BCUT2D eigenvalue weighted by Crippen LogP contribution is -2.51. The fraction of sp³-hybridized carbons (Fsp3) is 0.667. The summed E-state index contributed by atoms with van der Waals surface area (Å²) in [6.45, 7) is 4.98. The highest BCUT2D eigenvalue weighted by Crippen LogP contribution is 2.13. The Labute approximate surface area is 83.1 Å². The summed E-state index contributed by atoms with van der Waals surface area (Å²) in [5.74, 6) is -0.262. The molecule has 2 aliphatic rings. The molecule has 1 atom stereocenters. The predicted molar refractivity (Wildman–Crippen MR) is 51.2 cm³/mol. The molecule has 0 aromatic rings. The van der Waals surface area contributed by atoms with E-state index < -0.39 is 0 Å². The second kappa shape index (κ2) is 3.88. The fourth-order valence-corrected chi connectivity index (χ4v) is 1.71. The first-order chi connectivity index (χ1) is 6.81. The number of nitrogens with zero attached hydrogens (tertiary/aromatic N) is 1. The molecule has 2 N–H and O–H groups in total. The molecule has 2 rings (SSSR count). The molecule has 78 valence electrons. The highest BCUT2D eigenvalue weighted by Gasteiger charge is 2.29. The number of ether oxygens (including phenoxy) is 1. The maximum absolute atomic E-state index is 11.4. The number of carbonyl (C=O) groups excluding carboxylic acids is 1. The summed E-state index contributed by atoms with van der Waals surface area (Å²) in [6.07, 6.45) is 2.06. The average Bonchev–Trinajstić information content (AvgIpc) is 2.61. The normalized spacial score (nSPS) is 25.1. The Bertz CT molecular complexity index is 265. The van der Waals surface area contributed by atoms with E-state index in [0.29, 0.717) is 12.3 Å². The van der Waals surface area contributed by atoms with Crippen molar-refractivity contribution in [2.24, 2.45) is 0 Å². The van der Waals surface area contributed by atoms with Crippen molar-refractivity contribution >= 4 is 5.97 Å². The number of fused-ring (bicyclic) bond motifs is 1. The third kappa shape index (κ3) is 1.68. The first-order valence-electron chi connectivity index (χ1n) is 4.93. The summed E-state index contributed by atoms with van der Waals surface area (Å²) in [6, 6.07) is 0. The van der Waals surface area contributed by atoms with E-state index in [9.17, 15) is 4.79 Å². The van der Waals surface area contributed by atoms with Gasteiger partial charge < -0.3 is 20.3 Å². The third-order valence-corrected chi connectivity index (χ3v) is 2.40. The van der Waals surface area contributed by atoms with Crippen LogP contribution in [0, 0.1) is 0 Å². The molecule has 1 unspecified atom stereocenters. The highest BCUT2D eigenvalue weighted by molar-refractivity contribution is 5.88. The molecule has 0 aromatic heterocycles. The van der Waals surface area contributed by atoms with Gasteiger partial charge in [0, 0.05) is 25.8 Å². The number of carbonyl (C=O) groups is 1. The van der Waals surface area contributed by atoms with Crippen molar-refractivity contribution in [1.82, 2.24) is 15.5 Å². The minimum absolute atomic E-state index is 0.211. The monoisotopic (exact) mass is 197 g/mol. The van der Waals surface area contributed by atoms with Crippen molar-refractivity contribution in [1.29, 1.82) is 0 Å². The van der Waals surface area contributed by atoms with Gasteiger partial charge in [0.15, 0.2) is 0 Å². The van der Waals surface area contributed by atoms with Gasteiger partial charge in [0.1, 0.15) is 11.9 Å². The van der Waals surface area contributed by atoms with Crippen molar-refractivity contribution in [2.75, 3.05) is 26.2 Å². The smallest absolute Gasteiger partial charge is 0.355 e. The van der Waals surface area contributed by atoms with Crippen LogP contribution in [0.4, 0.5) is 0 Å². The SMILES string of the molecule is CCOC(=O)C1=CN2CCNCC2N1. The van der Waals surface area contributed by atoms with Gasteiger partial charge in [-0.25, -0.2) is 4.79 Å². The molecule has 0 bridgehead atoms. The van der Waals surface area contributed by atoms with Crippen LogP contribution in [0.2, 0.25) is 0 Å². The maximum atomic E-state index is 11.4. The van der Waals surface area contributed by atoms with Crippen LogP contribution < -0.4 is 10.6 Å². The molecule has 5 heteroatoms. The zero-order valence-electron chi connectivity index (χ0n) is 8.25. The summed E-state index contributed by atoms with van der Waals surface area (Å²) >= 11 is 0. The molecule has 0 spiro atoms. The van der Waals surface area contributed by atoms with Crippen molar-refractivity contribution in [3.63, 3.8) is 0 Å². The minimum Gasteiger partial charge on any atom is -0.461 e. The van der Waals surface area contributed by atoms with Crippen LogP contribution in [0.5, 0.6) is 0 Å². The second-order valence-electron chi connectivity index (χ2n) is 3.37. The quantitative estimate of drug-likeness (QED) is 0.569. The van der Waals surface area contributed by atoms with Gasteiger partial charge in [0.05, 0.1) is 6.61 Å². The fourth-order valence-electron chi connectivity index (χ4n) is 1.71. The molecule has 14 heavy (non-hydrogen) atoms. The number of rotatable bonds is 2. The van der Waals surface area contributed by atoms with Crippen molar-refractivity contribution in [3.05, 3.63) is 11.9 Å². The second-order valence-corrected chi connectivity index (χ2v) is 3.37. The van der Waals surface area contributed by atoms with E-state index in [1.807, 2.05) is 13.1 Å². The zero-order valence-corrected chi connectivity index (χ0v) is 8.25. The van der Waals surface area contributed by atoms with E-state index in [1.54, 1.807) is 0 Å². The lowest BCUT2D eigenvalue weighted by molar-refractivity contribution is -0.138. The molecular weight excluding hydrogens is 182 g/mol. The Hall–Kier alpha value is -1.23. The molecule has 2 heterocycles. The van der Waals surface area contributed by atoms with Crippen LogP contribution in [0.1, 0.15) is 6.92 Å². The predicted octanol–water partition coefficient (Wildman–Crippen LogP) is -0.775. The third-order valence-electron chi connectivity index (χ3n) is 2.40. The standard InChI is InChI=1S/C9H15N3O2/c1-2-14-9(13)7-6-12-4-3-10-5-8(12)11-7/h6,8,10-11H,2-5H2,1H3. The number of esters is 1. The number of hydrogen-bond acceptors (Lipinski definition) is 5. The van der Waals surface area contributed by atoms with Crippen LogP contribution in [-0.4, -0.2) is 43.3 Å².